The Morgan fingerprint density at radius 3 is 2.81 bits per heavy atom. The maximum Gasteiger partial charge on any atom is 0.0434 e. The molecule has 3 atom stereocenters. The first-order valence-corrected chi connectivity index (χ1v) is 6.80. The van der Waals surface area contributed by atoms with Crippen LogP contribution in [0.4, 0.5) is 0 Å². The summed E-state index contributed by atoms with van der Waals surface area (Å²) in [6, 6.07) is 1.29. The fourth-order valence-electron chi connectivity index (χ4n) is 2.36. The highest BCUT2D eigenvalue weighted by atomic mass is 16.3. The van der Waals surface area contributed by atoms with Crippen molar-refractivity contribution in [3.8, 4) is 0 Å². The molecule has 3 heteroatoms. The molecule has 0 bridgehead atoms. The lowest BCUT2D eigenvalue weighted by Gasteiger charge is -2.27. The first kappa shape index (κ1) is 13.9. The molecule has 0 radical (unpaired) electrons. The van der Waals surface area contributed by atoms with Crippen LogP contribution < -0.4 is 10.6 Å². The summed E-state index contributed by atoms with van der Waals surface area (Å²) >= 11 is 0. The molecule has 0 saturated carbocycles. The van der Waals surface area contributed by atoms with Crippen molar-refractivity contribution in [2.24, 2.45) is 5.92 Å². The summed E-state index contributed by atoms with van der Waals surface area (Å²) in [7, 11) is 0. The average Bonchev–Trinajstić information content (AvgIpc) is 2.28. The molecule has 1 aliphatic rings. The summed E-state index contributed by atoms with van der Waals surface area (Å²) < 4.78 is 0. The highest BCUT2D eigenvalue weighted by molar-refractivity contribution is 4.77. The third-order valence-electron chi connectivity index (χ3n) is 3.49. The number of rotatable bonds is 7. The third-order valence-corrected chi connectivity index (χ3v) is 3.49. The second kappa shape index (κ2) is 8.04. The van der Waals surface area contributed by atoms with Crippen molar-refractivity contribution in [2.45, 2.75) is 58.0 Å². The van der Waals surface area contributed by atoms with Crippen LogP contribution in [0, 0.1) is 5.92 Å². The summed E-state index contributed by atoms with van der Waals surface area (Å²) in [6.45, 7) is 6.98. The van der Waals surface area contributed by atoms with E-state index in [1.807, 2.05) is 0 Å². The molecule has 0 aromatic carbocycles. The summed E-state index contributed by atoms with van der Waals surface area (Å²) in [5, 5.41) is 16.0. The van der Waals surface area contributed by atoms with Gasteiger partial charge in [0, 0.05) is 18.7 Å². The average molecular weight is 228 g/mol. The van der Waals surface area contributed by atoms with Gasteiger partial charge in [0.1, 0.15) is 0 Å². The molecule has 3 nitrogen and oxygen atoms in total. The molecular weight excluding hydrogens is 200 g/mol. The van der Waals surface area contributed by atoms with Gasteiger partial charge in [-0.25, -0.2) is 0 Å². The molecular formula is C13H28N2O. The quantitative estimate of drug-likeness (QED) is 0.619. The van der Waals surface area contributed by atoms with Crippen LogP contribution in [0.25, 0.3) is 0 Å². The van der Waals surface area contributed by atoms with Crippen molar-refractivity contribution in [3.05, 3.63) is 0 Å². The minimum Gasteiger partial charge on any atom is -0.396 e. The zero-order valence-corrected chi connectivity index (χ0v) is 10.8. The Hall–Kier alpha value is -0.120. The van der Waals surface area contributed by atoms with Crippen LogP contribution in [0.15, 0.2) is 0 Å². The lowest BCUT2D eigenvalue weighted by Crippen LogP contribution is -2.40. The Morgan fingerprint density at radius 1 is 1.38 bits per heavy atom. The van der Waals surface area contributed by atoms with Crippen LogP contribution in [0.5, 0.6) is 0 Å². The van der Waals surface area contributed by atoms with Gasteiger partial charge in [-0.15, -0.1) is 0 Å². The molecule has 1 fully saturated rings. The molecule has 16 heavy (non-hydrogen) atoms. The normalized spacial score (nSPS) is 25.3. The van der Waals surface area contributed by atoms with E-state index in [0.717, 1.165) is 13.0 Å². The summed E-state index contributed by atoms with van der Waals surface area (Å²) in [5.74, 6) is 0.576. The van der Waals surface area contributed by atoms with Crippen LogP contribution in [0.2, 0.25) is 0 Å². The largest absolute Gasteiger partial charge is 0.396 e. The number of piperidine rings is 1. The van der Waals surface area contributed by atoms with Gasteiger partial charge in [-0.2, -0.15) is 0 Å². The SMILES string of the molecule is CC(CCO)CNC(C)CC1CCCCN1. The number of hydrogen-bond acceptors (Lipinski definition) is 3. The minimum absolute atomic E-state index is 0.307. The van der Waals surface area contributed by atoms with E-state index in [2.05, 4.69) is 24.5 Å². The van der Waals surface area contributed by atoms with Gasteiger partial charge < -0.3 is 15.7 Å². The van der Waals surface area contributed by atoms with E-state index in [4.69, 9.17) is 5.11 Å². The van der Waals surface area contributed by atoms with Gasteiger partial charge in [-0.3, -0.25) is 0 Å². The number of hydrogen-bond donors (Lipinski definition) is 3. The van der Waals surface area contributed by atoms with Crippen LogP contribution in [-0.2, 0) is 0 Å². The Bertz CT molecular complexity index is 169. The van der Waals surface area contributed by atoms with Gasteiger partial charge in [0.2, 0.25) is 0 Å². The van der Waals surface area contributed by atoms with E-state index >= 15 is 0 Å². The summed E-state index contributed by atoms with van der Waals surface area (Å²) in [5.41, 5.74) is 0. The highest BCUT2D eigenvalue weighted by Crippen LogP contribution is 2.12. The number of aliphatic hydroxyl groups is 1. The van der Waals surface area contributed by atoms with Crippen molar-refractivity contribution in [2.75, 3.05) is 19.7 Å². The molecule has 3 unspecified atom stereocenters. The molecule has 3 N–H and O–H groups in total. The standard InChI is InChI=1S/C13H28N2O/c1-11(6-8-16)10-15-12(2)9-13-5-3-4-7-14-13/h11-16H,3-10H2,1-2H3. The predicted octanol–water partition coefficient (Wildman–Crippen LogP) is 1.52. The smallest absolute Gasteiger partial charge is 0.0434 e. The molecule has 0 aromatic rings. The van der Waals surface area contributed by atoms with E-state index < -0.39 is 0 Å². The van der Waals surface area contributed by atoms with E-state index in [1.165, 1.54) is 32.2 Å². The van der Waals surface area contributed by atoms with E-state index in [9.17, 15) is 0 Å². The second-order valence-electron chi connectivity index (χ2n) is 5.31. The minimum atomic E-state index is 0.307. The van der Waals surface area contributed by atoms with Gasteiger partial charge in [0.05, 0.1) is 0 Å². The zero-order chi connectivity index (χ0) is 11.8. The monoisotopic (exact) mass is 228 g/mol. The van der Waals surface area contributed by atoms with Crippen LogP contribution >= 0.6 is 0 Å². The Morgan fingerprint density at radius 2 is 2.19 bits per heavy atom. The van der Waals surface area contributed by atoms with Gasteiger partial charge in [-0.1, -0.05) is 13.3 Å². The lowest BCUT2D eigenvalue weighted by molar-refractivity contribution is 0.255. The molecule has 96 valence electrons. The van der Waals surface area contributed by atoms with Crippen molar-refractivity contribution >= 4 is 0 Å². The van der Waals surface area contributed by atoms with Gasteiger partial charge in [0.25, 0.3) is 0 Å². The Kier molecular flexibility index (Phi) is 7.01. The van der Waals surface area contributed by atoms with Crippen molar-refractivity contribution in [1.82, 2.24) is 10.6 Å². The molecule has 0 aliphatic carbocycles. The topological polar surface area (TPSA) is 44.3 Å². The fourth-order valence-corrected chi connectivity index (χ4v) is 2.36. The van der Waals surface area contributed by atoms with E-state index in [1.54, 1.807) is 0 Å². The fraction of sp³-hybridized carbons (Fsp3) is 1.00. The second-order valence-corrected chi connectivity index (χ2v) is 5.31. The molecule has 1 rings (SSSR count). The summed E-state index contributed by atoms with van der Waals surface area (Å²) in [4.78, 5) is 0. The zero-order valence-electron chi connectivity index (χ0n) is 10.8. The van der Waals surface area contributed by atoms with Gasteiger partial charge >= 0.3 is 0 Å². The number of nitrogens with one attached hydrogen (secondary N) is 2. The predicted molar refractivity (Wildman–Crippen MR) is 68.6 cm³/mol. The van der Waals surface area contributed by atoms with E-state index in [0.29, 0.717) is 24.6 Å². The third kappa shape index (κ3) is 5.83. The van der Waals surface area contributed by atoms with Crippen LogP contribution in [0.1, 0.15) is 46.0 Å². The van der Waals surface area contributed by atoms with Crippen LogP contribution in [-0.4, -0.2) is 36.9 Å². The first-order chi connectivity index (χ1) is 7.72. The molecule has 0 spiro atoms. The van der Waals surface area contributed by atoms with Crippen LogP contribution in [0.3, 0.4) is 0 Å². The number of aliphatic hydroxyl groups excluding tert-OH is 1. The molecule has 0 amide bonds. The molecule has 1 aliphatic heterocycles. The highest BCUT2D eigenvalue weighted by Gasteiger charge is 2.15. The maximum absolute atomic E-state index is 8.83. The molecule has 1 saturated heterocycles. The molecule has 0 aromatic heterocycles. The lowest BCUT2D eigenvalue weighted by atomic mass is 9.98. The van der Waals surface area contributed by atoms with E-state index in [-0.39, 0.29) is 0 Å². The van der Waals surface area contributed by atoms with Crippen molar-refractivity contribution in [3.63, 3.8) is 0 Å². The van der Waals surface area contributed by atoms with Gasteiger partial charge in [0.15, 0.2) is 0 Å². The maximum atomic E-state index is 8.83. The molecule has 1 heterocycles. The van der Waals surface area contributed by atoms with Gasteiger partial charge in [-0.05, 0) is 51.6 Å². The van der Waals surface area contributed by atoms with Crippen molar-refractivity contribution < 1.29 is 5.11 Å². The summed E-state index contributed by atoms with van der Waals surface area (Å²) in [6.07, 6.45) is 6.18. The Balaban J connectivity index is 2.07. The Labute approximate surface area is 100 Å². The first-order valence-electron chi connectivity index (χ1n) is 6.80. The van der Waals surface area contributed by atoms with Crippen molar-refractivity contribution in [1.29, 1.82) is 0 Å².